The van der Waals surface area contributed by atoms with Crippen LogP contribution < -0.4 is 5.32 Å². The lowest BCUT2D eigenvalue weighted by Crippen LogP contribution is -2.29. The molecule has 3 N–H and O–H groups in total. The van der Waals surface area contributed by atoms with Gasteiger partial charge in [-0.05, 0) is 39.7 Å². The van der Waals surface area contributed by atoms with Gasteiger partial charge in [-0.1, -0.05) is 17.7 Å². The standard InChI is InChI=1S/C14H23NO2/c1-10-6-7-14(17)13(9-10)12(3)15-11(2)5-4-8-16/h6-7,9,11-12,15-17H,4-5,8H2,1-3H3. The van der Waals surface area contributed by atoms with Gasteiger partial charge in [0, 0.05) is 24.3 Å². The molecule has 0 saturated heterocycles. The van der Waals surface area contributed by atoms with Crippen LogP contribution in [0.15, 0.2) is 18.2 Å². The largest absolute Gasteiger partial charge is 0.508 e. The van der Waals surface area contributed by atoms with Gasteiger partial charge in [0.25, 0.3) is 0 Å². The molecule has 3 heteroatoms. The summed E-state index contributed by atoms with van der Waals surface area (Å²) >= 11 is 0. The molecule has 0 radical (unpaired) electrons. The highest BCUT2D eigenvalue weighted by Gasteiger charge is 2.12. The van der Waals surface area contributed by atoms with Crippen LogP contribution in [-0.4, -0.2) is 22.9 Å². The number of phenols is 1. The van der Waals surface area contributed by atoms with Crippen molar-refractivity contribution < 1.29 is 10.2 Å². The average molecular weight is 237 g/mol. The third-order valence-corrected chi connectivity index (χ3v) is 2.98. The summed E-state index contributed by atoms with van der Waals surface area (Å²) in [6.45, 7) is 6.39. The van der Waals surface area contributed by atoms with Gasteiger partial charge in [-0.25, -0.2) is 0 Å². The lowest BCUT2D eigenvalue weighted by atomic mass is 10.0. The Morgan fingerprint density at radius 3 is 2.65 bits per heavy atom. The monoisotopic (exact) mass is 237 g/mol. The van der Waals surface area contributed by atoms with Crippen molar-refractivity contribution in [1.29, 1.82) is 0 Å². The van der Waals surface area contributed by atoms with E-state index in [4.69, 9.17) is 5.11 Å². The zero-order valence-corrected chi connectivity index (χ0v) is 10.9. The number of hydrogen-bond acceptors (Lipinski definition) is 3. The molecule has 1 aromatic rings. The Bertz CT molecular complexity index is 352. The number of rotatable bonds is 6. The van der Waals surface area contributed by atoms with Gasteiger partial charge in [0.1, 0.15) is 5.75 Å². The first-order valence-electron chi connectivity index (χ1n) is 6.21. The van der Waals surface area contributed by atoms with E-state index in [1.807, 2.05) is 26.0 Å². The number of aryl methyl sites for hydroxylation is 1. The second kappa shape index (κ2) is 6.62. The van der Waals surface area contributed by atoms with Crippen molar-refractivity contribution >= 4 is 0 Å². The Kier molecular flexibility index (Phi) is 5.45. The second-order valence-electron chi connectivity index (χ2n) is 4.72. The molecule has 96 valence electrons. The highest BCUT2D eigenvalue weighted by molar-refractivity contribution is 5.37. The second-order valence-corrected chi connectivity index (χ2v) is 4.72. The van der Waals surface area contributed by atoms with Crippen molar-refractivity contribution in [3.8, 4) is 5.75 Å². The molecule has 0 saturated carbocycles. The van der Waals surface area contributed by atoms with Gasteiger partial charge in [0.05, 0.1) is 0 Å². The van der Waals surface area contributed by atoms with Gasteiger partial charge in [0.2, 0.25) is 0 Å². The first kappa shape index (κ1) is 14.0. The summed E-state index contributed by atoms with van der Waals surface area (Å²) in [6.07, 6.45) is 1.74. The first-order valence-corrected chi connectivity index (χ1v) is 6.21. The van der Waals surface area contributed by atoms with Gasteiger partial charge < -0.3 is 15.5 Å². The fraction of sp³-hybridized carbons (Fsp3) is 0.571. The Balaban J connectivity index is 2.62. The van der Waals surface area contributed by atoms with Gasteiger partial charge in [-0.3, -0.25) is 0 Å². The lowest BCUT2D eigenvalue weighted by molar-refractivity contribution is 0.274. The van der Waals surface area contributed by atoms with E-state index in [2.05, 4.69) is 12.2 Å². The van der Waals surface area contributed by atoms with Crippen molar-refractivity contribution in [1.82, 2.24) is 5.32 Å². The minimum absolute atomic E-state index is 0.114. The zero-order valence-electron chi connectivity index (χ0n) is 10.9. The number of nitrogens with one attached hydrogen (secondary N) is 1. The normalized spacial score (nSPS) is 14.6. The average Bonchev–Trinajstić information content (AvgIpc) is 2.29. The summed E-state index contributed by atoms with van der Waals surface area (Å²) in [5.74, 6) is 0.338. The highest BCUT2D eigenvalue weighted by atomic mass is 16.3. The van der Waals surface area contributed by atoms with E-state index >= 15 is 0 Å². The van der Waals surface area contributed by atoms with E-state index in [-0.39, 0.29) is 12.6 Å². The molecule has 0 heterocycles. The van der Waals surface area contributed by atoms with Crippen molar-refractivity contribution in [3.63, 3.8) is 0 Å². The Hall–Kier alpha value is -1.06. The molecule has 2 atom stereocenters. The maximum atomic E-state index is 9.81. The molecule has 1 aromatic carbocycles. The molecule has 3 nitrogen and oxygen atoms in total. The first-order chi connectivity index (χ1) is 8.04. The molecular weight excluding hydrogens is 214 g/mol. The van der Waals surface area contributed by atoms with Crippen LogP contribution in [0.4, 0.5) is 0 Å². The van der Waals surface area contributed by atoms with Crippen LogP contribution in [0, 0.1) is 6.92 Å². The van der Waals surface area contributed by atoms with E-state index in [1.165, 1.54) is 0 Å². The number of benzene rings is 1. The number of aliphatic hydroxyl groups excluding tert-OH is 1. The summed E-state index contributed by atoms with van der Waals surface area (Å²) in [7, 11) is 0. The SMILES string of the molecule is Cc1ccc(O)c(C(C)NC(C)CCCO)c1. The maximum Gasteiger partial charge on any atom is 0.120 e. The molecule has 17 heavy (non-hydrogen) atoms. The van der Waals surface area contributed by atoms with E-state index in [1.54, 1.807) is 6.07 Å². The fourth-order valence-corrected chi connectivity index (χ4v) is 2.02. The molecule has 0 aliphatic heterocycles. The van der Waals surface area contributed by atoms with Gasteiger partial charge >= 0.3 is 0 Å². The highest BCUT2D eigenvalue weighted by Crippen LogP contribution is 2.25. The molecule has 1 rings (SSSR count). The molecule has 0 amide bonds. The topological polar surface area (TPSA) is 52.5 Å². The van der Waals surface area contributed by atoms with Crippen LogP contribution in [0.1, 0.15) is 43.9 Å². The summed E-state index contributed by atoms with van der Waals surface area (Å²) in [5.41, 5.74) is 2.08. The summed E-state index contributed by atoms with van der Waals surface area (Å²) in [6, 6.07) is 6.09. The molecule has 0 aliphatic carbocycles. The van der Waals surface area contributed by atoms with Crippen molar-refractivity contribution in [2.75, 3.05) is 6.61 Å². The van der Waals surface area contributed by atoms with E-state index in [0.717, 1.165) is 24.0 Å². The predicted molar refractivity (Wildman–Crippen MR) is 70.2 cm³/mol. The van der Waals surface area contributed by atoms with E-state index in [0.29, 0.717) is 11.8 Å². The van der Waals surface area contributed by atoms with Gasteiger partial charge in [-0.2, -0.15) is 0 Å². The molecule has 0 bridgehead atoms. The quantitative estimate of drug-likeness (QED) is 0.712. The maximum absolute atomic E-state index is 9.81. The van der Waals surface area contributed by atoms with Crippen molar-refractivity contribution in [2.24, 2.45) is 0 Å². The Morgan fingerprint density at radius 2 is 2.00 bits per heavy atom. The smallest absolute Gasteiger partial charge is 0.120 e. The Morgan fingerprint density at radius 1 is 1.29 bits per heavy atom. The number of aromatic hydroxyl groups is 1. The van der Waals surface area contributed by atoms with Gasteiger partial charge in [-0.15, -0.1) is 0 Å². The third kappa shape index (κ3) is 4.36. The molecule has 0 fully saturated rings. The van der Waals surface area contributed by atoms with Crippen LogP contribution >= 0.6 is 0 Å². The number of phenolic OH excluding ortho intramolecular Hbond substituents is 1. The summed E-state index contributed by atoms with van der Waals surface area (Å²) in [5, 5.41) is 22.0. The van der Waals surface area contributed by atoms with Crippen LogP contribution in [-0.2, 0) is 0 Å². The molecule has 0 spiro atoms. The van der Waals surface area contributed by atoms with E-state index < -0.39 is 0 Å². The van der Waals surface area contributed by atoms with Crippen LogP contribution in [0.5, 0.6) is 5.75 Å². The zero-order chi connectivity index (χ0) is 12.8. The fourth-order valence-electron chi connectivity index (χ4n) is 2.02. The molecule has 0 aliphatic rings. The van der Waals surface area contributed by atoms with Crippen LogP contribution in [0.25, 0.3) is 0 Å². The summed E-state index contributed by atoms with van der Waals surface area (Å²) in [4.78, 5) is 0. The number of aliphatic hydroxyl groups is 1. The molecule has 0 aromatic heterocycles. The van der Waals surface area contributed by atoms with Crippen LogP contribution in [0.2, 0.25) is 0 Å². The van der Waals surface area contributed by atoms with Crippen molar-refractivity contribution in [3.05, 3.63) is 29.3 Å². The molecular formula is C14H23NO2. The van der Waals surface area contributed by atoms with Gasteiger partial charge in [0.15, 0.2) is 0 Å². The van der Waals surface area contributed by atoms with E-state index in [9.17, 15) is 5.11 Å². The summed E-state index contributed by atoms with van der Waals surface area (Å²) < 4.78 is 0. The van der Waals surface area contributed by atoms with Crippen LogP contribution in [0.3, 0.4) is 0 Å². The Labute approximate surface area is 103 Å². The molecule has 2 unspecified atom stereocenters. The number of hydrogen-bond donors (Lipinski definition) is 3. The third-order valence-electron chi connectivity index (χ3n) is 2.98. The minimum Gasteiger partial charge on any atom is -0.508 e. The lowest BCUT2D eigenvalue weighted by Gasteiger charge is -2.21. The minimum atomic E-state index is 0.114. The predicted octanol–water partition coefficient (Wildman–Crippen LogP) is 2.51. The van der Waals surface area contributed by atoms with Crippen molar-refractivity contribution in [2.45, 2.75) is 45.7 Å².